The van der Waals surface area contributed by atoms with Gasteiger partial charge in [0.25, 0.3) is 5.91 Å². The van der Waals surface area contributed by atoms with Gasteiger partial charge in [0.05, 0.1) is 23.4 Å². The van der Waals surface area contributed by atoms with Gasteiger partial charge < -0.3 is 15.4 Å². The van der Waals surface area contributed by atoms with E-state index in [1.165, 1.54) is 19.5 Å². The largest absolute Gasteiger partial charge is 0.465 e. The van der Waals surface area contributed by atoms with Crippen LogP contribution in [0, 0.1) is 0 Å². The van der Waals surface area contributed by atoms with E-state index in [2.05, 4.69) is 20.6 Å². The number of nitrogens with one attached hydrogen (secondary N) is 2. The van der Waals surface area contributed by atoms with Crippen molar-refractivity contribution in [2.24, 2.45) is 0 Å². The Hall–Kier alpha value is -2.67. The Morgan fingerprint density at radius 2 is 2.04 bits per heavy atom. The molecule has 1 aromatic heterocycles. The SMILES string of the molecule is CCCCNC(=O)c1cc(Nc2cc(C(=O)OC)ccc2Cl)ncn1. The Morgan fingerprint density at radius 1 is 1.24 bits per heavy atom. The molecule has 0 atom stereocenters. The van der Waals surface area contributed by atoms with Crippen LogP contribution in [-0.2, 0) is 4.74 Å². The Bertz CT molecular complexity index is 767. The highest BCUT2D eigenvalue weighted by atomic mass is 35.5. The van der Waals surface area contributed by atoms with Crippen molar-refractivity contribution in [1.29, 1.82) is 0 Å². The van der Waals surface area contributed by atoms with Crippen molar-refractivity contribution in [1.82, 2.24) is 15.3 Å². The van der Waals surface area contributed by atoms with Gasteiger partial charge in [-0.3, -0.25) is 4.79 Å². The van der Waals surface area contributed by atoms with Crippen LogP contribution in [0.2, 0.25) is 5.02 Å². The third-order valence-electron chi connectivity index (χ3n) is 3.37. The molecular formula is C17H19ClN4O3. The van der Waals surface area contributed by atoms with Gasteiger partial charge in [0.2, 0.25) is 0 Å². The van der Waals surface area contributed by atoms with E-state index in [1.54, 1.807) is 18.2 Å². The molecule has 7 nitrogen and oxygen atoms in total. The van der Waals surface area contributed by atoms with Crippen molar-refractivity contribution in [3.63, 3.8) is 0 Å². The normalized spacial score (nSPS) is 10.2. The molecule has 2 N–H and O–H groups in total. The van der Waals surface area contributed by atoms with E-state index in [-0.39, 0.29) is 11.6 Å². The van der Waals surface area contributed by atoms with E-state index >= 15 is 0 Å². The maximum Gasteiger partial charge on any atom is 0.337 e. The summed E-state index contributed by atoms with van der Waals surface area (Å²) in [6, 6.07) is 6.21. The zero-order chi connectivity index (χ0) is 18.2. The van der Waals surface area contributed by atoms with Crippen LogP contribution in [-0.4, -0.2) is 35.5 Å². The monoisotopic (exact) mass is 362 g/mol. The number of esters is 1. The second kappa shape index (κ2) is 8.98. The number of hydrogen-bond acceptors (Lipinski definition) is 6. The summed E-state index contributed by atoms with van der Waals surface area (Å²) in [6.45, 7) is 2.64. The van der Waals surface area contributed by atoms with Gasteiger partial charge in [-0.05, 0) is 24.6 Å². The van der Waals surface area contributed by atoms with Crippen LogP contribution in [0.4, 0.5) is 11.5 Å². The molecule has 132 valence electrons. The van der Waals surface area contributed by atoms with E-state index in [9.17, 15) is 9.59 Å². The van der Waals surface area contributed by atoms with Crippen molar-refractivity contribution < 1.29 is 14.3 Å². The zero-order valence-electron chi connectivity index (χ0n) is 14.0. The minimum atomic E-state index is -0.474. The highest BCUT2D eigenvalue weighted by Gasteiger charge is 2.12. The summed E-state index contributed by atoms with van der Waals surface area (Å²) in [5.41, 5.74) is 1.07. The number of hydrogen-bond donors (Lipinski definition) is 2. The standard InChI is InChI=1S/C17H19ClN4O3/c1-3-4-7-19-16(23)14-9-15(21-10-20-14)22-13-8-11(17(24)25-2)5-6-12(13)18/h5-6,8-10H,3-4,7H2,1-2H3,(H,19,23)(H,20,21,22). The van der Waals surface area contributed by atoms with Crippen LogP contribution in [0.5, 0.6) is 0 Å². The highest BCUT2D eigenvalue weighted by Crippen LogP contribution is 2.26. The molecule has 0 aliphatic heterocycles. The molecule has 1 amide bonds. The van der Waals surface area contributed by atoms with Crippen LogP contribution >= 0.6 is 11.6 Å². The average molecular weight is 363 g/mol. The predicted molar refractivity (Wildman–Crippen MR) is 95.3 cm³/mol. The number of halogens is 1. The van der Waals surface area contributed by atoms with E-state index in [4.69, 9.17) is 16.3 Å². The maximum atomic E-state index is 12.1. The molecule has 25 heavy (non-hydrogen) atoms. The van der Waals surface area contributed by atoms with E-state index < -0.39 is 5.97 Å². The average Bonchev–Trinajstić information content (AvgIpc) is 2.63. The Morgan fingerprint density at radius 3 is 2.76 bits per heavy atom. The van der Waals surface area contributed by atoms with Crippen molar-refractivity contribution in [2.45, 2.75) is 19.8 Å². The number of aromatic nitrogens is 2. The molecule has 0 radical (unpaired) electrons. The van der Waals surface area contributed by atoms with Crippen LogP contribution in [0.15, 0.2) is 30.6 Å². The first-order chi connectivity index (χ1) is 12.0. The van der Waals surface area contributed by atoms with Crippen molar-refractivity contribution in [2.75, 3.05) is 19.0 Å². The second-order valence-corrected chi connectivity index (χ2v) is 5.62. The summed E-state index contributed by atoms with van der Waals surface area (Å²) in [5, 5.41) is 6.18. The smallest absolute Gasteiger partial charge is 0.337 e. The number of unbranched alkanes of at least 4 members (excludes halogenated alkanes) is 1. The predicted octanol–water partition coefficient (Wildman–Crippen LogP) is 3.19. The van der Waals surface area contributed by atoms with Gasteiger partial charge in [-0.2, -0.15) is 0 Å². The lowest BCUT2D eigenvalue weighted by atomic mass is 10.2. The number of methoxy groups -OCH3 is 1. The van der Waals surface area contributed by atoms with E-state index in [0.717, 1.165) is 12.8 Å². The lowest BCUT2D eigenvalue weighted by molar-refractivity contribution is 0.0600. The number of benzene rings is 1. The van der Waals surface area contributed by atoms with Gasteiger partial charge in [0.1, 0.15) is 17.8 Å². The van der Waals surface area contributed by atoms with Gasteiger partial charge >= 0.3 is 5.97 Å². The molecule has 8 heteroatoms. The van der Waals surface area contributed by atoms with Gasteiger partial charge in [-0.25, -0.2) is 14.8 Å². The molecule has 1 heterocycles. The van der Waals surface area contributed by atoms with Crippen LogP contribution in [0.1, 0.15) is 40.6 Å². The van der Waals surface area contributed by atoms with E-state index in [1.807, 2.05) is 6.92 Å². The number of carbonyl (C=O) groups is 2. The fraction of sp³-hybridized carbons (Fsp3) is 0.294. The second-order valence-electron chi connectivity index (χ2n) is 5.21. The maximum absolute atomic E-state index is 12.1. The molecule has 2 aromatic rings. The van der Waals surface area contributed by atoms with Gasteiger partial charge in [0.15, 0.2) is 0 Å². The quantitative estimate of drug-likeness (QED) is 0.580. The molecule has 2 rings (SSSR count). The summed E-state index contributed by atoms with van der Waals surface area (Å²) in [7, 11) is 1.30. The van der Waals surface area contributed by atoms with Crippen molar-refractivity contribution in [3.8, 4) is 0 Å². The molecule has 0 spiro atoms. The number of amides is 1. The molecule has 0 unspecified atom stereocenters. The summed E-state index contributed by atoms with van der Waals surface area (Å²) < 4.78 is 4.69. The molecule has 0 aliphatic rings. The topological polar surface area (TPSA) is 93.2 Å². The minimum absolute atomic E-state index is 0.244. The lowest BCUT2D eigenvalue weighted by Crippen LogP contribution is -2.25. The number of nitrogens with zero attached hydrogens (tertiary/aromatic N) is 2. The van der Waals surface area contributed by atoms with Gasteiger partial charge in [0, 0.05) is 12.6 Å². The molecule has 0 saturated carbocycles. The lowest BCUT2D eigenvalue weighted by Gasteiger charge is -2.10. The van der Waals surface area contributed by atoms with Crippen LogP contribution < -0.4 is 10.6 Å². The number of ether oxygens (including phenoxy) is 1. The van der Waals surface area contributed by atoms with Crippen molar-refractivity contribution in [3.05, 3.63) is 46.9 Å². The summed E-state index contributed by atoms with van der Waals surface area (Å²) in [6.07, 6.45) is 3.18. The summed E-state index contributed by atoms with van der Waals surface area (Å²) >= 11 is 6.14. The molecule has 1 aromatic carbocycles. The summed E-state index contributed by atoms with van der Waals surface area (Å²) in [4.78, 5) is 31.7. The zero-order valence-corrected chi connectivity index (χ0v) is 14.8. The minimum Gasteiger partial charge on any atom is -0.465 e. The molecular weight excluding hydrogens is 344 g/mol. The van der Waals surface area contributed by atoms with Crippen molar-refractivity contribution >= 4 is 35.0 Å². The molecule has 0 fully saturated rings. The first-order valence-corrected chi connectivity index (χ1v) is 8.18. The molecule has 0 saturated heterocycles. The fourth-order valence-corrected chi connectivity index (χ4v) is 2.19. The Balaban J connectivity index is 2.17. The van der Waals surface area contributed by atoms with Crippen LogP contribution in [0.25, 0.3) is 0 Å². The number of anilines is 2. The fourth-order valence-electron chi connectivity index (χ4n) is 2.02. The Kier molecular flexibility index (Phi) is 6.71. The summed E-state index contributed by atoms with van der Waals surface area (Å²) in [5.74, 6) is -0.355. The number of carbonyl (C=O) groups excluding carboxylic acids is 2. The third kappa shape index (κ3) is 5.15. The number of rotatable bonds is 7. The van der Waals surface area contributed by atoms with Crippen LogP contribution in [0.3, 0.4) is 0 Å². The van der Waals surface area contributed by atoms with Gasteiger partial charge in [-0.15, -0.1) is 0 Å². The third-order valence-corrected chi connectivity index (χ3v) is 3.70. The first-order valence-electron chi connectivity index (χ1n) is 7.80. The van der Waals surface area contributed by atoms with Gasteiger partial charge in [-0.1, -0.05) is 24.9 Å². The first kappa shape index (κ1) is 18.7. The van der Waals surface area contributed by atoms with E-state index in [0.29, 0.717) is 28.6 Å². The highest BCUT2D eigenvalue weighted by molar-refractivity contribution is 6.33. The molecule has 0 aliphatic carbocycles. The Labute approximate surface area is 150 Å². The molecule has 0 bridgehead atoms.